The van der Waals surface area contributed by atoms with Crippen molar-refractivity contribution >= 4 is 11.9 Å². The predicted molar refractivity (Wildman–Crippen MR) is 85.5 cm³/mol. The van der Waals surface area contributed by atoms with Crippen molar-refractivity contribution in [2.75, 3.05) is 14.2 Å². The van der Waals surface area contributed by atoms with Gasteiger partial charge in [0, 0.05) is 13.3 Å². The summed E-state index contributed by atoms with van der Waals surface area (Å²) >= 11 is 0. The maximum Gasteiger partial charge on any atom is 0.305 e. The molecule has 1 aromatic carbocycles. The molecule has 122 valence electrons. The van der Waals surface area contributed by atoms with Crippen LogP contribution in [0.5, 0.6) is 0 Å². The highest BCUT2D eigenvalue weighted by Gasteiger charge is 2.18. The summed E-state index contributed by atoms with van der Waals surface area (Å²) in [6.07, 6.45) is 6.30. The Hall–Kier alpha value is -1.84. The molecule has 1 aliphatic rings. The smallest absolute Gasteiger partial charge is 0.305 e. The number of esters is 2. The van der Waals surface area contributed by atoms with Crippen molar-refractivity contribution in [2.45, 2.75) is 45.4 Å². The fraction of sp³-hybridized carbons (Fsp3) is 0.556. The Balaban J connectivity index is 0.000000422. The van der Waals surface area contributed by atoms with Gasteiger partial charge in [-0.3, -0.25) is 9.59 Å². The van der Waals surface area contributed by atoms with Gasteiger partial charge >= 0.3 is 11.9 Å². The SMILES string of the molecule is COC(=O)CCCC1CCc2ccccc2C1.COC(C)=O. The van der Waals surface area contributed by atoms with Crippen molar-refractivity contribution in [3.05, 3.63) is 35.4 Å². The molecule has 22 heavy (non-hydrogen) atoms. The van der Waals surface area contributed by atoms with Gasteiger partial charge in [0.1, 0.15) is 0 Å². The second kappa shape index (κ2) is 9.98. The summed E-state index contributed by atoms with van der Waals surface area (Å²) in [4.78, 5) is 20.6. The number of benzene rings is 1. The van der Waals surface area contributed by atoms with Crippen LogP contribution in [0.2, 0.25) is 0 Å². The number of methoxy groups -OCH3 is 2. The molecule has 0 fully saturated rings. The first kappa shape index (κ1) is 18.2. The zero-order chi connectivity index (χ0) is 16.4. The van der Waals surface area contributed by atoms with Crippen LogP contribution < -0.4 is 0 Å². The number of carbonyl (C=O) groups is 2. The fourth-order valence-corrected chi connectivity index (χ4v) is 2.66. The number of rotatable bonds is 4. The Labute approximate surface area is 132 Å². The zero-order valence-electron chi connectivity index (χ0n) is 13.8. The minimum Gasteiger partial charge on any atom is -0.469 e. The molecule has 0 heterocycles. The predicted octanol–water partition coefficient (Wildman–Crippen LogP) is 3.31. The van der Waals surface area contributed by atoms with Crippen molar-refractivity contribution in [1.29, 1.82) is 0 Å². The number of carbonyl (C=O) groups excluding carboxylic acids is 2. The van der Waals surface area contributed by atoms with E-state index in [1.165, 1.54) is 51.5 Å². The summed E-state index contributed by atoms with van der Waals surface area (Å²) in [5, 5.41) is 0. The van der Waals surface area contributed by atoms with Crippen molar-refractivity contribution < 1.29 is 19.1 Å². The van der Waals surface area contributed by atoms with Gasteiger partial charge in [-0.25, -0.2) is 0 Å². The minimum absolute atomic E-state index is 0.0822. The highest BCUT2D eigenvalue weighted by Crippen LogP contribution is 2.28. The van der Waals surface area contributed by atoms with E-state index in [0.29, 0.717) is 6.42 Å². The molecule has 2 rings (SSSR count). The maximum absolute atomic E-state index is 11.0. The third kappa shape index (κ3) is 6.74. The van der Waals surface area contributed by atoms with Gasteiger partial charge in [-0.15, -0.1) is 0 Å². The molecule has 0 N–H and O–H groups in total. The summed E-state index contributed by atoms with van der Waals surface area (Å²) < 4.78 is 8.77. The summed E-state index contributed by atoms with van der Waals surface area (Å²) in [5.41, 5.74) is 3.01. The van der Waals surface area contributed by atoms with Crippen LogP contribution in [0.15, 0.2) is 24.3 Å². The molecule has 1 atom stereocenters. The molecule has 1 aliphatic carbocycles. The van der Waals surface area contributed by atoms with E-state index in [-0.39, 0.29) is 11.9 Å². The lowest BCUT2D eigenvalue weighted by Crippen LogP contribution is -2.14. The van der Waals surface area contributed by atoms with Crippen LogP contribution >= 0.6 is 0 Å². The molecule has 4 nitrogen and oxygen atoms in total. The number of aryl methyl sites for hydroxylation is 1. The normalized spacial score (nSPS) is 15.9. The van der Waals surface area contributed by atoms with E-state index in [2.05, 4.69) is 33.7 Å². The van der Waals surface area contributed by atoms with E-state index < -0.39 is 0 Å². The monoisotopic (exact) mass is 306 g/mol. The molecule has 0 aliphatic heterocycles. The van der Waals surface area contributed by atoms with Gasteiger partial charge in [0.2, 0.25) is 0 Å². The van der Waals surface area contributed by atoms with Crippen LogP contribution in [0.1, 0.15) is 43.7 Å². The molecule has 4 heteroatoms. The minimum atomic E-state index is -0.245. The van der Waals surface area contributed by atoms with E-state index in [1.807, 2.05) is 0 Å². The zero-order valence-corrected chi connectivity index (χ0v) is 13.8. The maximum atomic E-state index is 11.0. The van der Waals surface area contributed by atoms with Gasteiger partial charge in [-0.1, -0.05) is 24.3 Å². The molecular formula is C18H26O4. The van der Waals surface area contributed by atoms with Gasteiger partial charge in [0.25, 0.3) is 0 Å². The molecule has 0 saturated heterocycles. The number of hydrogen-bond donors (Lipinski definition) is 0. The summed E-state index contributed by atoms with van der Waals surface area (Å²) in [6.45, 7) is 1.36. The average molecular weight is 306 g/mol. The lowest BCUT2D eigenvalue weighted by Gasteiger charge is -2.24. The molecule has 1 aromatic rings. The lowest BCUT2D eigenvalue weighted by atomic mass is 9.81. The molecule has 1 unspecified atom stereocenters. The van der Waals surface area contributed by atoms with Gasteiger partial charge in [-0.05, 0) is 49.1 Å². The molecule has 0 bridgehead atoms. The molecule has 0 radical (unpaired) electrons. The third-order valence-electron chi connectivity index (χ3n) is 3.96. The van der Waals surface area contributed by atoms with Gasteiger partial charge < -0.3 is 9.47 Å². The quantitative estimate of drug-likeness (QED) is 0.801. The first-order valence-corrected chi connectivity index (χ1v) is 7.75. The number of fused-ring (bicyclic) bond motifs is 1. The van der Waals surface area contributed by atoms with Crippen molar-refractivity contribution in [3.63, 3.8) is 0 Å². The van der Waals surface area contributed by atoms with Crippen LogP contribution in [0.25, 0.3) is 0 Å². The molecular weight excluding hydrogens is 280 g/mol. The first-order valence-electron chi connectivity index (χ1n) is 7.75. The lowest BCUT2D eigenvalue weighted by molar-refractivity contribution is -0.141. The van der Waals surface area contributed by atoms with E-state index in [0.717, 1.165) is 18.8 Å². The molecule has 0 aromatic heterocycles. The number of hydrogen-bond acceptors (Lipinski definition) is 4. The van der Waals surface area contributed by atoms with E-state index in [9.17, 15) is 9.59 Å². The Morgan fingerprint density at radius 3 is 2.36 bits per heavy atom. The summed E-state index contributed by atoms with van der Waals surface area (Å²) in [5.74, 6) is 0.417. The van der Waals surface area contributed by atoms with Crippen LogP contribution in [-0.2, 0) is 31.9 Å². The Bertz CT molecular complexity index is 482. The van der Waals surface area contributed by atoms with Crippen molar-refractivity contribution in [1.82, 2.24) is 0 Å². The van der Waals surface area contributed by atoms with E-state index in [1.54, 1.807) is 0 Å². The van der Waals surface area contributed by atoms with Crippen molar-refractivity contribution in [2.24, 2.45) is 5.92 Å². The van der Waals surface area contributed by atoms with E-state index >= 15 is 0 Å². The Morgan fingerprint density at radius 2 is 1.77 bits per heavy atom. The topological polar surface area (TPSA) is 52.6 Å². The fourth-order valence-electron chi connectivity index (χ4n) is 2.66. The standard InChI is InChI=1S/C15H20O2.C3H6O2/c1-17-15(16)8-4-5-12-9-10-13-6-2-3-7-14(13)11-12;1-3(4)5-2/h2-3,6-7,12H,4-5,8-11H2,1H3;1-2H3. The van der Waals surface area contributed by atoms with Crippen molar-refractivity contribution in [3.8, 4) is 0 Å². The second-order valence-corrected chi connectivity index (χ2v) is 5.54. The summed E-state index contributed by atoms with van der Waals surface area (Å²) in [6, 6.07) is 8.72. The second-order valence-electron chi connectivity index (χ2n) is 5.54. The average Bonchev–Trinajstić information content (AvgIpc) is 2.55. The van der Waals surface area contributed by atoms with E-state index in [4.69, 9.17) is 0 Å². The third-order valence-corrected chi connectivity index (χ3v) is 3.96. The van der Waals surface area contributed by atoms with Crippen LogP contribution in [0.3, 0.4) is 0 Å². The van der Waals surface area contributed by atoms with Crippen LogP contribution in [0, 0.1) is 5.92 Å². The summed E-state index contributed by atoms with van der Waals surface area (Å²) in [7, 11) is 2.81. The largest absolute Gasteiger partial charge is 0.469 e. The molecule has 0 saturated carbocycles. The highest BCUT2D eigenvalue weighted by atomic mass is 16.5. The Kier molecular flexibility index (Phi) is 8.26. The molecule has 0 amide bonds. The van der Waals surface area contributed by atoms with Crippen LogP contribution in [-0.4, -0.2) is 26.2 Å². The van der Waals surface area contributed by atoms with Gasteiger partial charge in [0.05, 0.1) is 14.2 Å². The highest BCUT2D eigenvalue weighted by molar-refractivity contribution is 5.69. The first-order chi connectivity index (χ1) is 10.6. The van der Waals surface area contributed by atoms with Crippen LogP contribution in [0.4, 0.5) is 0 Å². The van der Waals surface area contributed by atoms with Gasteiger partial charge in [0.15, 0.2) is 0 Å². The molecule has 0 spiro atoms. The van der Waals surface area contributed by atoms with Gasteiger partial charge in [-0.2, -0.15) is 0 Å². The number of ether oxygens (including phenoxy) is 2. The Morgan fingerprint density at radius 1 is 1.14 bits per heavy atom.